The summed E-state index contributed by atoms with van der Waals surface area (Å²) in [6.07, 6.45) is 1.94. The minimum atomic E-state index is 0.758. The fourth-order valence-corrected chi connectivity index (χ4v) is 2.30. The fraction of sp³-hybridized carbons (Fsp3) is 0.125. The van der Waals surface area contributed by atoms with Crippen LogP contribution < -0.4 is 0 Å². The summed E-state index contributed by atoms with van der Waals surface area (Å²) in [6, 6.07) is 5.86. The van der Waals surface area contributed by atoms with E-state index in [9.17, 15) is 0 Å². The summed E-state index contributed by atoms with van der Waals surface area (Å²) < 4.78 is 3.64. The zero-order valence-electron chi connectivity index (χ0n) is 7.69. The molecule has 1 heterocycles. The molecule has 0 saturated carbocycles. The molecule has 0 spiro atoms. The third kappa shape index (κ3) is 2.24. The second-order valence-electron chi connectivity index (χ2n) is 2.67. The lowest BCUT2D eigenvalue weighted by Gasteiger charge is -2.05. The van der Waals surface area contributed by atoms with Gasteiger partial charge in [0.05, 0.1) is 5.69 Å². The number of tetrazole rings is 1. The lowest BCUT2D eigenvalue weighted by atomic mass is 10.3. The predicted molar refractivity (Wildman–Crippen MR) is 66.3 cm³/mol. The van der Waals surface area contributed by atoms with E-state index in [1.54, 1.807) is 4.68 Å². The van der Waals surface area contributed by atoms with Gasteiger partial charge in [0, 0.05) is 8.95 Å². The largest absolute Gasteiger partial charge is 0.213 e. The van der Waals surface area contributed by atoms with E-state index in [0.29, 0.717) is 0 Å². The van der Waals surface area contributed by atoms with Crippen molar-refractivity contribution in [2.45, 2.75) is 5.16 Å². The van der Waals surface area contributed by atoms with Crippen molar-refractivity contribution in [2.24, 2.45) is 0 Å². The lowest BCUT2D eigenvalue weighted by Crippen LogP contribution is -1.99. The monoisotopic (exact) mass is 348 g/mol. The smallest absolute Gasteiger partial charge is 0.186 e. The molecule has 0 radical (unpaired) electrons. The van der Waals surface area contributed by atoms with Gasteiger partial charge in [-0.25, -0.2) is 0 Å². The van der Waals surface area contributed by atoms with E-state index in [-0.39, 0.29) is 0 Å². The topological polar surface area (TPSA) is 43.6 Å². The Labute approximate surface area is 108 Å². The number of thioether (sulfide) groups is 1. The third-order valence-corrected chi connectivity index (χ3v) is 3.54. The van der Waals surface area contributed by atoms with Crippen molar-refractivity contribution >= 4 is 43.6 Å². The van der Waals surface area contributed by atoms with Crippen LogP contribution in [0.1, 0.15) is 0 Å². The Kier molecular flexibility index (Phi) is 3.42. The Morgan fingerprint density at radius 1 is 1.33 bits per heavy atom. The molecule has 0 saturated heterocycles. The minimum absolute atomic E-state index is 0.758. The summed E-state index contributed by atoms with van der Waals surface area (Å²) in [5, 5.41) is 12.3. The van der Waals surface area contributed by atoms with Gasteiger partial charge in [0.2, 0.25) is 5.16 Å². The summed E-state index contributed by atoms with van der Waals surface area (Å²) in [5.41, 5.74) is 0.915. The van der Waals surface area contributed by atoms with Gasteiger partial charge in [-0.05, 0) is 50.8 Å². The molecule has 7 heteroatoms. The van der Waals surface area contributed by atoms with Crippen molar-refractivity contribution in [2.75, 3.05) is 6.26 Å². The van der Waals surface area contributed by atoms with Gasteiger partial charge in [-0.3, -0.25) is 0 Å². The number of hydrogen-bond acceptors (Lipinski definition) is 4. The van der Waals surface area contributed by atoms with E-state index < -0.39 is 0 Å². The van der Waals surface area contributed by atoms with Gasteiger partial charge in [-0.1, -0.05) is 27.7 Å². The third-order valence-electron chi connectivity index (χ3n) is 1.76. The second-order valence-corrected chi connectivity index (χ2v) is 5.22. The molecule has 0 amide bonds. The molecule has 0 aliphatic heterocycles. The average molecular weight is 350 g/mol. The number of aromatic nitrogens is 4. The van der Waals surface area contributed by atoms with Crippen LogP contribution >= 0.6 is 43.6 Å². The van der Waals surface area contributed by atoms with Crippen LogP contribution in [0.2, 0.25) is 0 Å². The minimum Gasteiger partial charge on any atom is -0.186 e. The molecule has 0 aliphatic rings. The Hall–Kier alpha value is -0.400. The quantitative estimate of drug-likeness (QED) is 0.782. The average Bonchev–Trinajstić information content (AvgIpc) is 2.69. The van der Waals surface area contributed by atoms with Crippen LogP contribution in [0.3, 0.4) is 0 Å². The zero-order chi connectivity index (χ0) is 10.8. The molecule has 0 atom stereocenters. The van der Waals surface area contributed by atoms with Crippen LogP contribution in [-0.2, 0) is 0 Å². The van der Waals surface area contributed by atoms with Crippen molar-refractivity contribution in [3.63, 3.8) is 0 Å². The highest BCUT2D eigenvalue weighted by molar-refractivity contribution is 9.11. The van der Waals surface area contributed by atoms with Crippen LogP contribution in [0.5, 0.6) is 0 Å². The summed E-state index contributed by atoms with van der Waals surface area (Å²) in [5.74, 6) is 0. The van der Waals surface area contributed by atoms with Gasteiger partial charge in [0.1, 0.15) is 0 Å². The molecule has 0 fully saturated rings. The van der Waals surface area contributed by atoms with E-state index in [0.717, 1.165) is 19.8 Å². The first-order chi connectivity index (χ1) is 7.22. The second kappa shape index (κ2) is 4.63. The standard InChI is InChI=1S/C8H6Br2N4S/c1-15-8-11-12-13-14(8)7-4-5(9)2-3-6(7)10/h2-4H,1H3. The van der Waals surface area contributed by atoms with E-state index in [1.807, 2.05) is 24.5 Å². The van der Waals surface area contributed by atoms with Crippen molar-refractivity contribution in [3.8, 4) is 5.69 Å². The molecule has 15 heavy (non-hydrogen) atoms. The van der Waals surface area contributed by atoms with E-state index in [4.69, 9.17) is 0 Å². The number of benzene rings is 1. The lowest BCUT2D eigenvalue weighted by molar-refractivity contribution is 0.754. The van der Waals surface area contributed by atoms with E-state index in [2.05, 4.69) is 47.4 Å². The molecular formula is C8H6Br2N4S. The zero-order valence-corrected chi connectivity index (χ0v) is 11.7. The highest BCUT2D eigenvalue weighted by Crippen LogP contribution is 2.26. The first kappa shape index (κ1) is 11.1. The molecule has 0 aliphatic carbocycles. The van der Waals surface area contributed by atoms with Crippen LogP contribution in [0, 0.1) is 0 Å². The molecule has 0 unspecified atom stereocenters. The number of nitrogens with zero attached hydrogens (tertiary/aromatic N) is 4. The van der Waals surface area contributed by atoms with E-state index >= 15 is 0 Å². The molecule has 2 rings (SSSR count). The highest BCUT2D eigenvalue weighted by Gasteiger charge is 2.10. The number of halogens is 2. The van der Waals surface area contributed by atoms with Gasteiger partial charge in [0.15, 0.2) is 0 Å². The Morgan fingerprint density at radius 2 is 2.13 bits per heavy atom. The molecule has 0 N–H and O–H groups in total. The maximum absolute atomic E-state index is 3.94. The molecule has 1 aromatic heterocycles. The molecule has 2 aromatic rings. The first-order valence-corrected chi connectivity index (χ1v) is 6.81. The van der Waals surface area contributed by atoms with Gasteiger partial charge in [0.25, 0.3) is 0 Å². The van der Waals surface area contributed by atoms with Crippen molar-refractivity contribution in [1.29, 1.82) is 0 Å². The van der Waals surface area contributed by atoms with Gasteiger partial charge in [-0.15, -0.1) is 5.10 Å². The molecular weight excluding hydrogens is 344 g/mol. The van der Waals surface area contributed by atoms with Gasteiger partial charge in [-0.2, -0.15) is 4.68 Å². The van der Waals surface area contributed by atoms with Crippen molar-refractivity contribution in [1.82, 2.24) is 20.2 Å². The predicted octanol–water partition coefficient (Wildman–Crippen LogP) is 2.91. The Balaban J connectivity index is 2.58. The molecule has 78 valence electrons. The summed E-state index contributed by atoms with van der Waals surface area (Å²) >= 11 is 8.39. The fourth-order valence-electron chi connectivity index (χ4n) is 1.11. The van der Waals surface area contributed by atoms with Crippen LogP contribution in [-0.4, -0.2) is 26.5 Å². The van der Waals surface area contributed by atoms with Gasteiger partial charge >= 0.3 is 0 Å². The van der Waals surface area contributed by atoms with Crippen molar-refractivity contribution in [3.05, 3.63) is 27.1 Å². The van der Waals surface area contributed by atoms with E-state index in [1.165, 1.54) is 11.8 Å². The Morgan fingerprint density at radius 3 is 2.87 bits per heavy atom. The SMILES string of the molecule is CSc1nnnn1-c1cc(Br)ccc1Br. The normalized spacial score (nSPS) is 10.6. The van der Waals surface area contributed by atoms with Gasteiger partial charge < -0.3 is 0 Å². The number of rotatable bonds is 2. The summed E-state index contributed by atoms with van der Waals surface area (Å²) in [7, 11) is 0. The first-order valence-electron chi connectivity index (χ1n) is 4.00. The van der Waals surface area contributed by atoms with Crippen LogP contribution in [0.4, 0.5) is 0 Å². The van der Waals surface area contributed by atoms with Crippen LogP contribution in [0.15, 0.2) is 32.3 Å². The summed E-state index contributed by atoms with van der Waals surface area (Å²) in [4.78, 5) is 0. The molecule has 1 aromatic carbocycles. The summed E-state index contributed by atoms with van der Waals surface area (Å²) in [6.45, 7) is 0. The highest BCUT2D eigenvalue weighted by atomic mass is 79.9. The Bertz CT molecular complexity index is 485. The van der Waals surface area contributed by atoms with Crippen molar-refractivity contribution < 1.29 is 0 Å². The molecule has 0 bridgehead atoms. The maximum atomic E-state index is 3.94. The number of hydrogen-bond donors (Lipinski definition) is 0. The maximum Gasteiger partial charge on any atom is 0.213 e. The molecule has 4 nitrogen and oxygen atoms in total. The van der Waals surface area contributed by atoms with Crippen LogP contribution in [0.25, 0.3) is 5.69 Å².